The van der Waals surface area contributed by atoms with Gasteiger partial charge in [-0.15, -0.1) is 0 Å². The number of aliphatic imine (C=N–C) groups is 1. The van der Waals surface area contributed by atoms with Crippen LogP contribution >= 0.6 is 0 Å². The summed E-state index contributed by atoms with van der Waals surface area (Å²) in [5.74, 6) is 0.707. The summed E-state index contributed by atoms with van der Waals surface area (Å²) in [5, 5.41) is 22.7. The Labute approximate surface area is 162 Å². The maximum atomic E-state index is 11.7. The first kappa shape index (κ1) is 18.4. The van der Waals surface area contributed by atoms with Gasteiger partial charge in [0.1, 0.15) is 5.75 Å². The lowest BCUT2D eigenvalue weighted by Gasteiger charge is -2.29. The van der Waals surface area contributed by atoms with Crippen LogP contribution in [0.1, 0.15) is 6.42 Å². The van der Waals surface area contributed by atoms with Crippen LogP contribution in [0, 0.1) is 5.21 Å². The monoisotopic (exact) mass is 380 g/mol. The molecule has 0 aliphatic carbocycles. The maximum absolute atomic E-state index is 11.7. The fraction of sp³-hybridized carbons (Fsp3) is 0.300. The Morgan fingerprint density at radius 3 is 2.75 bits per heavy atom. The van der Waals surface area contributed by atoms with Crippen LogP contribution in [0.15, 0.2) is 35.3 Å². The van der Waals surface area contributed by atoms with Gasteiger partial charge >= 0.3 is 0 Å². The predicted octanol–water partition coefficient (Wildman–Crippen LogP) is 3.52. The van der Waals surface area contributed by atoms with E-state index in [0.29, 0.717) is 16.8 Å². The van der Waals surface area contributed by atoms with Crippen molar-refractivity contribution in [1.29, 1.82) is 0 Å². The van der Waals surface area contributed by atoms with Gasteiger partial charge in [0.05, 0.1) is 46.9 Å². The van der Waals surface area contributed by atoms with Gasteiger partial charge < -0.3 is 25.0 Å². The molecule has 0 fully saturated rings. The number of ether oxygens (including phenoxy) is 1. The molecule has 0 amide bonds. The Kier molecular flexibility index (Phi) is 4.76. The molecule has 0 radical (unpaired) electrons. The summed E-state index contributed by atoms with van der Waals surface area (Å²) >= 11 is 0. The molecule has 0 spiro atoms. The van der Waals surface area contributed by atoms with E-state index in [0.717, 1.165) is 41.7 Å². The highest BCUT2D eigenvalue weighted by Crippen LogP contribution is 2.44. The molecule has 28 heavy (non-hydrogen) atoms. The van der Waals surface area contributed by atoms with Crippen molar-refractivity contribution in [3.8, 4) is 5.75 Å². The van der Waals surface area contributed by atoms with Crippen LogP contribution in [-0.2, 0) is 0 Å². The number of anilines is 2. The number of benzene rings is 2. The second kappa shape index (κ2) is 7.23. The maximum Gasteiger partial charge on any atom is 0.119 e. The molecule has 1 N–H and O–H groups in total. The minimum Gasteiger partial charge on any atom is -0.733 e. The number of hydrogen-bond acceptors (Lipinski definition) is 8. The third-order valence-corrected chi connectivity index (χ3v) is 4.91. The highest BCUT2D eigenvalue weighted by Gasteiger charge is 2.22. The first-order valence-corrected chi connectivity index (χ1v) is 9.05. The van der Waals surface area contributed by atoms with E-state index in [1.54, 1.807) is 13.2 Å². The van der Waals surface area contributed by atoms with E-state index in [1.807, 2.05) is 44.7 Å². The molecule has 3 aromatic rings. The van der Waals surface area contributed by atoms with Crippen molar-refractivity contribution in [3.63, 3.8) is 0 Å². The molecule has 0 unspecified atom stereocenters. The second-order valence-electron chi connectivity index (χ2n) is 7.04. The highest BCUT2D eigenvalue weighted by atomic mass is 16.8. The van der Waals surface area contributed by atoms with Crippen molar-refractivity contribution >= 4 is 45.2 Å². The standard InChI is InChI=1S/C20H22N5O3/c1-23(2)9-4-10-24-12-21-19-14-11-13(28-3)5-6-15(14)22-20-17(25(26)27)8-7-16(24)18(19)20/h5-8,11-12,26H,4,9-10H2,1-3H3/q-1. The van der Waals surface area contributed by atoms with Crippen molar-refractivity contribution in [2.45, 2.75) is 6.42 Å². The zero-order chi connectivity index (χ0) is 19.8. The van der Waals surface area contributed by atoms with Crippen LogP contribution in [-0.4, -0.2) is 55.7 Å². The number of fused-ring (bicyclic) bond motifs is 2. The quantitative estimate of drug-likeness (QED) is 0.517. The molecular weight excluding hydrogens is 358 g/mol. The van der Waals surface area contributed by atoms with Gasteiger partial charge in [0.2, 0.25) is 0 Å². The van der Waals surface area contributed by atoms with Crippen molar-refractivity contribution in [2.75, 3.05) is 44.4 Å². The minimum atomic E-state index is -0.139. The van der Waals surface area contributed by atoms with Crippen LogP contribution in [0.5, 0.6) is 5.75 Å². The summed E-state index contributed by atoms with van der Waals surface area (Å²) in [6.07, 6.45) is 2.78. The number of rotatable bonds is 6. The molecule has 0 bridgehead atoms. The van der Waals surface area contributed by atoms with Gasteiger partial charge in [-0.3, -0.25) is 5.21 Å². The summed E-state index contributed by atoms with van der Waals surface area (Å²) in [6.45, 7) is 1.74. The number of nitrogens with zero attached hydrogens (tertiary/aromatic N) is 5. The zero-order valence-electron chi connectivity index (χ0n) is 16.1. The number of methoxy groups -OCH3 is 1. The molecule has 4 rings (SSSR count). The van der Waals surface area contributed by atoms with Crippen LogP contribution < -0.4 is 14.9 Å². The van der Waals surface area contributed by atoms with Crippen molar-refractivity contribution in [1.82, 2.24) is 9.88 Å². The summed E-state index contributed by atoms with van der Waals surface area (Å²) in [4.78, 5) is 13.5. The topological polar surface area (TPSA) is 87.5 Å². The first-order chi connectivity index (χ1) is 13.5. The van der Waals surface area contributed by atoms with E-state index in [-0.39, 0.29) is 10.9 Å². The summed E-state index contributed by atoms with van der Waals surface area (Å²) in [5.41, 5.74) is 2.85. The smallest absolute Gasteiger partial charge is 0.119 e. The van der Waals surface area contributed by atoms with Crippen molar-refractivity contribution in [2.24, 2.45) is 4.99 Å². The molecule has 1 aliphatic heterocycles. The van der Waals surface area contributed by atoms with E-state index in [9.17, 15) is 10.4 Å². The summed E-state index contributed by atoms with van der Waals surface area (Å²) < 4.78 is 5.35. The highest BCUT2D eigenvalue weighted by molar-refractivity contribution is 6.18. The third-order valence-electron chi connectivity index (χ3n) is 4.91. The second-order valence-corrected chi connectivity index (χ2v) is 7.04. The normalized spacial score (nSPS) is 13.0. The van der Waals surface area contributed by atoms with Gasteiger partial charge in [0.25, 0.3) is 0 Å². The lowest BCUT2D eigenvalue weighted by atomic mass is 10.0. The Hall–Kier alpha value is -2.94. The van der Waals surface area contributed by atoms with Gasteiger partial charge in [-0.2, -0.15) is 0 Å². The average Bonchev–Trinajstić information content (AvgIpc) is 2.68. The number of hydrogen-bond donors (Lipinski definition) is 1. The Bertz CT molecular complexity index is 1060. The summed E-state index contributed by atoms with van der Waals surface area (Å²) in [6, 6.07) is 8.95. The van der Waals surface area contributed by atoms with Crippen LogP contribution in [0.3, 0.4) is 0 Å². The molecule has 8 nitrogen and oxygen atoms in total. The van der Waals surface area contributed by atoms with Crippen LogP contribution in [0.25, 0.3) is 21.8 Å². The fourth-order valence-electron chi connectivity index (χ4n) is 3.55. The predicted molar refractivity (Wildman–Crippen MR) is 112 cm³/mol. The van der Waals surface area contributed by atoms with Crippen LogP contribution in [0.2, 0.25) is 0 Å². The molecule has 8 heteroatoms. The lowest BCUT2D eigenvalue weighted by Crippen LogP contribution is -2.27. The van der Waals surface area contributed by atoms with Gasteiger partial charge in [0, 0.05) is 11.9 Å². The molecule has 1 aliphatic rings. The van der Waals surface area contributed by atoms with E-state index >= 15 is 0 Å². The third kappa shape index (κ3) is 3.11. The molecule has 2 heterocycles. The fourth-order valence-corrected chi connectivity index (χ4v) is 3.55. The van der Waals surface area contributed by atoms with Crippen LogP contribution in [0.4, 0.5) is 17.1 Å². The van der Waals surface area contributed by atoms with Gasteiger partial charge in [0.15, 0.2) is 0 Å². The first-order valence-electron chi connectivity index (χ1n) is 9.05. The van der Waals surface area contributed by atoms with E-state index < -0.39 is 0 Å². The van der Waals surface area contributed by atoms with Gasteiger partial charge in [-0.05, 0) is 57.4 Å². The molecule has 2 aromatic carbocycles. The lowest BCUT2D eigenvalue weighted by molar-refractivity contribution is 0.297. The molecule has 146 valence electrons. The average molecular weight is 380 g/mol. The molecule has 0 saturated heterocycles. The van der Waals surface area contributed by atoms with Crippen molar-refractivity contribution in [3.05, 3.63) is 35.5 Å². The van der Waals surface area contributed by atoms with Gasteiger partial charge in [-0.25, -0.2) is 9.98 Å². The number of pyridine rings is 1. The Morgan fingerprint density at radius 1 is 1.21 bits per heavy atom. The Morgan fingerprint density at radius 2 is 2.04 bits per heavy atom. The molecule has 0 saturated carbocycles. The molecule has 0 atom stereocenters. The van der Waals surface area contributed by atoms with E-state index in [1.165, 1.54) is 0 Å². The largest absolute Gasteiger partial charge is 0.733 e. The SMILES string of the molecule is COc1ccc2nc3c(N([O-])O)ccc4c3c(c2c1)N=CN4CCCN(C)C. The number of aromatic nitrogens is 1. The molecular formula is C20H22N5O3-. The van der Waals surface area contributed by atoms with E-state index in [2.05, 4.69) is 19.8 Å². The Balaban J connectivity index is 1.93. The van der Waals surface area contributed by atoms with Crippen molar-refractivity contribution < 1.29 is 9.94 Å². The van der Waals surface area contributed by atoms with Gasteiger partial charge in [-0.1, -0.05) is 0 Å². The zero-order valence-corrected chi connectivity index (χ0v) is 16.1. The molecule has 1 aromatic heterocycles. The van der Waals surface area contributed by atoms with E-state index in [4.69, 9.17) is 4.74 Å². The minimum absolute atomic E-state index is 0.100. The summed E-state index contributed by atoms with van der Waals surface area (Å²) in [7, 11) is 5.70.